The molecule has 2 heterocycles. The number of benzene rings is 2. The average molecular weight is 395 g/mol. The Morgan fingerprint density at radius 3 is 2.55 bits per heavy atom. The van der Waals surface area contributed by atoms with Gasteiger partial charge in [-0.1, -0.05) is 24.3 Å². The maximum Gasteiger partial charge on any atom is 0.290 e. The van der Waals surface area contributed by atoms with Crippen LogP contribution in [0.5, 0.6) is 0 Å². The number of hydrogen-bond donors (Lipinski definition) is 0. The minimum absolute atomic E-state index is 0.0628. The van der Waals surface area contributed by atoms with Crippen molar-refractivity contribution in [1.82, 2.24) is 4.90 Å². The molecule has 0 fully saturated rings. The van der Waals surface area contributed by atoms with Gasteiger partial charge in [0.2, 0.25) is 5.76 Å². The zero-order valence-corrected chi connectivity index (χ0v) is 16.4. The van der Waals surface area contributed by atoms with E-state index in [0.29, 0.717) is 41.7 Å². The lowest BCUT2D eigenvalue weighted by atomic mass is 9.98. The normalized spacial score (nSPS) is 16.1. The predicted octanol–water partition coefficient (Wildman–Crippen LogP) is 4.29. The van der Waals surface area contributed by atoms with Crippen LogP contribution in [0.15, 0.2) is 57.7 Å². The number of hydrogen-bond acceptors (Lipinski definition) is 4. The van der Waals surface area contributed by atoms with Gasteiger partial charge < -0.3 is 14.1 Å². The van der Waals surface area contributed by atoms with Gasteiger partial charge in [-0.15, -0.1) is 0 Å². The van der Waals surface area contributed by atoms with Gasteiger partial charge in [-0.2, -0.15) is 0 Å². The Hall–Kier alpha value is -2.99. The van der Waals surface area contributed by atoms with E-state index in [-0.39, 0.29) is 29.0 Å². The van der Waals surface area contributed by atoms with Gasteiger partial charge >= 0.3 is 0 Å². The van der Waals surface area contributed by atoms with Gasteiger partial charge in [-0.05, 0) is 50.1 Å². The quantitative estimate of drug-likeness (QED) is 0.584. The molecule has 0 unspecified atom stereocenters. The molecule has 0 bridgehead atoms. The van der Waals surface area contributed by atoms with Crippen LogP contribution in [-0.4, -0.2) is 30.1 Å². The minimum Gasteiger partial charge on any atom is -0.450 e. The topological polar surface area (TPSA) is 59.8 Å². The molecule has 1 aliphatic rings. The second-order valence-corrected chi connectivity index (χ2v) is 7.40. The highest BCUT2D eigenvalue weighted by Gasteiger charge is 2.42. The Morgan fingerprint density at radius 1 is 1.10 bits per heavy atom. The van der Waals surface area contributed by atoms with Crippen molar-refractivity contribution < 1.29 is 18.3 Å². The monoisotopic (exact) mass is 395 g/mol. The third-order valence-corrected chi connectivity index (χ3v) is 5.05. The van der Waals surface area contributed by atoms with Crippen molar-refractivity contribution in [1.29, 1.82) is 0 Å². The predicted molar refractivity (Wildman–Crippen MR) is 107 cm³/mol. The fourth-order valence-corrected chi connectivity index (χ4v) is 3.74. The summed E-state index contributed by atoms with van der Waals surface area (Å²) in [4.78, 5) is 28.0. The fourth-order valence-electron chi connectivity index (χ4n) is 3.74. The Balaban J connectivity index is 1.79. The molecule has 0 N–H and O–H groups in total. The van der Waals surface area contributed by atoms with E-state index in [9.17, 15) is 14.0 Å². The number of para-hydroxylation sites is 1. The van der Waals surface area contributed by atoms with Gasteiger partial charge in [0.25, 0.3) is 5.91 Å². The zero-order valence-electron chi connectivity index (χ0n) is 16.4. The van der Waals surface area contributed by atoms with Gasteiger partial charge in [-0.3, -0.25) is 9.59 Å². The highest BCUT2D eigenvalue weighted by molar-refractivity contribution is 5.99. The van der Waals surface area contributed by atoms with Crippen LogP contribution >= 0.6 is 0 Å². The minimum atomic E-state index is -0.613. The second-order valence-electron chi connectivity index (χ2n) is 7.40. The van der Waals surface area contributed by atoms with Gasteiger partial charge in [0.1, 0.15) is 11.4 Å². The van der Waals surface area contributed by atoms with Crippen molar-refractivity contribution in [3.63, 3.8) is 0 Å². The molecule has 5 nitrogen and oxygen atoms in total. The molecule has 1 aromatic heterocycles. The van der Waals surface area contributed by atoms with Crippen molar-refractivity contribution in [2.24, 2.45) is 0 Å². The summed E-state index contributed by atoms with van der Waals surface area (Å²) in [6.07, 6.45) is 0.714. The van der Waals surface area contributed by atoms with Crippen LogP contribution in [0, 0.1) is 5.82 Å². The van der Waals surface area contributed by atoms with Crippen molar-refractivity contribution >= 4 is 16.9 Å². The summed E-state index contributed by atoms with van der Waals surface area (Å²) < 4.78 is 24.9. The van der Waals surface area contributed by atoms with E-state index in [2.05, 4.69) is 0 Å². The van der Waals surface area contributed by atoms with Crippen molar-refractivity contribution in [2.45, 2.75) is 32.4 Å². The van der Waals surface area contributed by atoms with E-state index >= 15 is 0 Å². The zero-order chi connectivity index (χ0) is 20.5. The maximum absolute atomic E-state index is 13.5. The molecule has 1 aliphatic heterocycles. The molecule has 0 aliphatic carbocycles. The molecule has 6 heteroatoms. The molecule has 0 radical (unpaired) electrons. The van der Waals surface area contributed by atoms with Crippen LogP contribution in [0.25, 0.3) is 11.0 Å². The van der Waals surface area contributed by atoms with E-state index in [1.807, 2.05) is 13.8 Å². The van der Waals surface area contributed by atoms with Crippen molar-refractivity contribution in [2.75, 3.05) is 13.2 Å². The largest absolute Gasteiger partial charge is 0.450 e. The summed E-state index contributed by atoms with van der Waals surface area (Å²) >= 11 is 0. The summed E-state index contributed by atoms with van der Waals surface area (Å²) in [6.45, 7) is 4.80. The molecule has 150 valence electrons. The van der Waals surface area contributed by atoms with Gasteiger partial charge in [0.15, 0.2) is 5.43 Å². The number of carbonyl (C=O) groups excluding carboxylic acids is 1. The Bertz CT molecular complexity index is 1100. The third kappa shape index (κ3) is 3.56. The average Bonchev–Trinajstić information content (AvgIpc) is 2.98. The molecular weight excluding hydrogens is 373 g/mol. The van der Waals surface area contributed by atoms with Gasteiger partial charge in [0, 0.05) is 13.2 Å². The highest BCUT2D eigenvalue weighted by atomic mass is 19.1. The van der Waals surface area contributed by atoms with Crippen LogP contribution in [0.1, 0.15) is 48.0 Å². The molecule has 1 atom stereocenters. The van der Waals surface area contributed by atoms with Crippen LogP contribution in [0.2, 0.25) is 0 Å². The van der Waals surface area contributed by atoms with E-state index in [1.165, 1.54) is 12.1 Å². The lowest BCUT2D eigenvalue weighted by molar-refractivity contribution is 0.0593. The molecule has 4 rings (SSSR count). The lowest BCUT2D eigenvalue weighted by Crippen LogP contribution is -2.31. The molecule has 0 saturated carbocycles. The summed E-state index contributed by atoms with van der Waals surface area (Å²) in [5.74, 6) is -0.643. The highest BCUT2D eigenvalue weighted by Crippen LogP contribution is 2.38. The van der Waals surface area contributed by atoms with E-state index < -0.39 is 6.04 Å². The molecule has 2 aromatic carbocycles. The first kappa shape index (κ1) is 19.3. The number of carbonyl (C=O) groups is 1. The lowest BCUT2D eigenvalue weighted by Gasteiger charge is -2.25. The number of amides is 1. The van der Waals surface area contributed by atoms with Crippen LogP contribution in [-0.2, 0) is 4.74 Å². The molecule has 0 spiro atoms. The van der Waals surface area contributed by atoms with E-state index in [4.69, 9.17) is 9.15 Å². The second kappa shape index (κ2) is 7.79. The van der Waals surface area contributed by atoms with Crippen molar-refractivity contribution in [3.8, 4) is 0 Å². The molecule has 29 heavy (non-hydrogen) atoms. The van der Waals surface area contributed by atoms with Crippen LogP contribution < -0.4 is 5.43 Å². The smallest absolute Gasteiger partial charge is 0.290 e. The SMILES string of the molecule is CC(C)OCCCN1C(=O)c2oc3ccccc3c(=O)c2[C@H]1c1ccc(F)cc1. The van der Waals surface area contributed by atoms with Gasteiger partial charge in [0.05, 0.1) is 23.1 Å². The van der Waals surface area contributed by atoms with Crippen LogP contribution in [0.3, 0.4) is 0 Å². The fraction of sp³-hybridized carbons (Fsp3) is 0.304. The molecule has 1 amide bonds. The summed E-state index contributed by atoms with van der Waals surface area (Å²) in [7, 11) is 0. The van der Waals surface area contributed by atoms with Crippen molar-refractivity contribution in [3.05, 3.63) is 81.5 Å². The van der Waals surface area contributed by atoms with Gasteiger partial charge in [-0.25, -0.2) is 4.39 Å². The summed E-state index contributed by atoms with van der Waals surface area (Å²) in [5, 5.41) is 0.427. The first-order chi connectivity index (χ1) is 14.0. The van der Waals surface area contributed by atoms with Crippen LogP contribution in [0.4, 0.5) is 4.39 Å². The summed E-state index contributed by atoms with van der Waals surface area (Å²) in [5.41, 5.74) is 1.13. The molecule has 3 aromatic rings. The first-order valence-electron chi connectivity index (χ1n) is 9.71. The third-order valence-electron chi connectivity index (χ3n) is 5.05. The molecular formula is C23H22FNO4. The number of nitrogens with zero attached hydrogens (tertiary/aromatic N) is 1. The Kier molecular flexibility index (Phi) is 5.20. The Labute approximate surface area is 167 Å². The maximum atomic E-state index is 13.5. The number of rotatable bonds is 6. The number of halogens is 1. The molecule has 0 saturated heterocycles. The van der Waals surface area contributed by atoms with E-state index in [0.717, 1.165) is 0 Å². The Morgan fingerprint density at radius 2 is 1.83 bits per heavy atom. The summed E-state index contributed by atoms with van der Waals surface area (Å²) in [6, 6.07) is 12.2. The number of fused-ring (bicyclic) bond motifs is 2. The number of ether oxygens (including phenoxy) is 1. The van der Waals surface area contributed by atoms with E-state index in [1.54, 1.807) is 41.3 Å². The standard InChI is InChI=1S/C23H22FNO4/c1-14(2)28-13-5-12-25-20(15-8-10-16(24)11-9-15)19-21(26)17-6-3-4-7-18(17)29-22(19)23(25)27/h3-4,6-11,14,20H,5,12-13H2,1-2H3/t20-/m1/s1. The first-order valence-corrected chi connectivity index (χ1v) is 9.71.